The van der Waals surface area contributed by atoms with Crippen LogP contribution in [0.5, 0.6) is 0 Å². The fourth-order valence-electron chi connectivity index (χ4n) is 2.55. The molecule has 0 unspecified atom stereocenters. The standard InChI is InChI=1S/C17H13ClN6OS/c1-2-24-15(21-22-23-24)10-4-3-5-11(8-10)16(25)20-17-19-13-7-6-12(18)9-14(13)26-17/h3-9H,2H2,1H3,(H,19,20,25). The molecule has 0 saturated heterocycles. The lowest BCUT2D eigenvalue weighted by atomic mass is 10.1. The molecular formula is C17H13ClN6OS. The van der Waals surface area contributed by atoms with Crippen molar-refractivity contribution in [3.05, 3.63) is 53.1 Å². The van der Waals surface area contributed by atoms with Crippen molar-refractivity contribution in [2.45, 2.75) is 13.5 Å². The number of aromatic nitrogens is 5. The third-order valence-corrected chi connectivity index (χ3v) is 4.95. The summed E-state index contributed by atoms with van der Waals surface area (Å²) in [6.45, 7) is 2.60. The first-order valence-corrected chi connectivity index (χ1v) is 9.07. The van der Waals surface area contributed by atoms with Crippen molar-refractivity contribution >= 4 is 44.2 Å². The summed E-state index contributed by atoms with van der Waals surface area (Å²) in [6.07, 6.45) is 0. The number of nitrogens with one attached hydrogen (secondary N) is 1. The Morgan fingerprint density at radius 1 is 1.27 bits per heavy atom. The van der Waals surface area contributed by atoms with Crippen molar-refractivity contribution < 1.29 is 4.79 Å². The molecule has 0 spiro atoms. The Morgan fingerprint density at radius 3 is 3.00 bits per heavy atom. The third-order valence-electron chi connectivity index (χ3n) is 3.79. The molecule has 4 rings (SSSR count). The number of rotatable bonds is 4. The number of halogens is 1. The highest BCUT2D eigenvalue weighted by Crippen LogP contribution is 2.28. The Labute approximate surface area is 157 Å². The molecule has 4 aromatic rings. The highest BCUT2D eigenvalue weighted by Gasteiger charge is 2.13. The van der Waals surface area contributed by atoms with Crippen LogP contribution in [0.2, 0.25) is 5.02 Å². The Hall–Kier alpha value is -2.84. The molecule has 0 bridgehead atoms. The molecule has 7 nitrogen and oxygen atoms in total. The highest BCUT2D eigenvalue weighted by atomic mass is 35.5. The Bertz CT molecular complexity index is 1110. The Morgan fingerprint density at radius 2 is 2.15 bits per heavy atom. The van der Waals surface area contributed by atoms with Crippen LogP contribution in [-0.4, -0.2) is 31.1 Å². The van der Waals surface area contributed by atoms with Crippen molar-refractivity contribution in [3.8, 4) is 11.4 Å². The second kappa shape index (κ2) is 6.81. The van der Waals surface area contributed by atoms with Crippen molar-refractivity contribution in [3.63, 3.8) is 0 Å². The number of aryl methyl sites for hydroxylation is 1. The van der Waals surface area contributed by atoms with E-state index in [0.29, 0.717) is 28.1 Å². The number of carbonyl (C=O) groups is 1. The molecule has 2 aromatic heterocycles. The van der Waals surface area contributed by atoms with Gasteiger partial charge >= 0.3 is 0 Å². The van der Waals surface area contributed by atoms with Crippen LogP contribution < -0.4 is 5.32 Å². The molecule has 0 atom stereocenters. The van der Waals surface area contributed by atoms with E-state index in [0.717, 1.165) is 15.8 Å². The van der Waals surface area contributed by atoms with Crippen LogP contribution in [-0.2, 0) is 6.54 Å². The van der Waals surface area contributed by atoms with E-state index in [1.54, 1.807) is 28.9 Å². The maximum atomic E-state index is 12.6. The Balaban J connectivity index is 1.60. The number of nitrogens with zero attached hydrogens (tertiary/aromatic N) is 5. The van der Waals surface area contributed by atoms with E-state index in [-0.39, 0.29) is 5.91 Å². The predicted molar refractivity (Wildman–Crippen MR) is 102 cm³/mol. The van der Waals surface area contributed by atoms with Gasteiger partial charge in [0, 0.05) is 22.7 Å². The van der Waals surface area contributed by atoms with Crippen LogP contribution in [0.4, 0.5) is 5.13 Å². The van der Waals surface area contributed by atoms with Crippen LogP contribution in [0.3, 0.4) is 0 Å². The molecular weight excluding hydrogens is 372 g/mol. The molecule has 26 heavy (non-hydrogen) atoms. The molecule has 1 amide bonds. The predicted octanol–water partition coefficient (Wildman–Crippen LogP) is 3.88. The average molecular weight is 385 g/mol. The number of thiazole rings is 1. The van der Waals surface area contributed by atoms with Gasteiger partial charge in [-0.25, -0.2) is 9.67 Å². The normalized spacial score (nSPS) is 11.0. The number of fused-ring (bicyclic) bond motifs is 1. The first-order valence-electron chi connectivity index (χ1n) is 7.88. The van der Waals surface area contributed by atoms with Crippen LogP contribution >= 0.6 is 22.9 Å². The third kappa shape index (κ3) is 3.16. The summed E-state index contributed by atoms with van der Waals surface area (Å²) in [4.78, 5) is 17.0. The average Bonchev–Trinajstić information content (AvgIpc) is 3.27. The lowest BCUT2D eigenvalue weighted by Gasteiger charge is -2.05. The van der Waals surface area contributed by atoms with E-state index in [1.165, 1.54) is 11.3 Å². The molecule has 2 aromatic carbocycles. The number of anilines is 1. The lowest BCUT2D eigenvalue weighted by Crippen LogP contribution is -2.11. The summed E-state index contributed by atoms with van der Waals surface area (Å²) in [6, 6.07) is 12.6. The van der Waals surface area contributed by atoms with E-state index in [9.17, 15) is 4.79 Å². The fraction of sp³-hybridized carbons (Fsp3) is 0.118. The number of hydrogen-bond acceptors (Lipinski definition) is 6. The molecule has 0 aliphatic carbocycles. The zero-order chi connectivity index (χ0) is 18.1. The molecule has 9 heteroatoms. The monoisotopic (exact) mass is 384 g/mol. The van der Waals surface area contributed by atoms with Crippen molar-refractivity contribution in [1.82, 2.24) is 25.2 Å². The van der Waals surface area contributed by atoms with Gasteiger partial charge in [0.15, 0.2) is 11.0 Å². The van der Waals surface area contributed by atoms with Gasteiger partial charge in [0.2, 0.25) is 0 Å². The minimum absolute atomic E-state index is 0.243. The van der Waals surface area contributed by atoms with Crippen LogP contribution in [0.15, 0.2) is 42.5 Å². The van der Waals surface area contributed by atoms with Gasteiger partial charge in [0.1, 0.15) is 0 Å². The minimum atomic E-state index is -0.243. The smallest absolute Gasteiger partial charge is 0.257 e. The van der Waals surface area contributed by atoms with Gasteiger partial charge in [-0.2, -0.15) is 0 Å². The van der Waals surface area contributed by atoms with Gasteiger partial charge < -0.3 is 0 Å². The summed E-state index contributed by atoms with van der Waals surface area (Å²) in [5, 5.41) is 15.6. The largest absolute Gasteiger partial charge is 0.298 e. The number of amides is 1. The van der Waals surface area contributed by atoms with Crippen LogP contribution in [0.25, 0.3) is 21.6 Å². The summed E-state index contributed by atoms with van der Waals surface area (Å²) in [5.74, 6) is 0.379. The minimum Gasteiger partial charge on any atom is -0.298 e. The van der Waals surface area contributed by atoms with E-state index < -0.39 is 0 Å². The van der Waals surface area contributed by atoms with E-state index in [2.05, 4.69) is 25.8 Å². The molecule has 0 saturated carbocycles. The maximum Gasteiger partial charge on any atom is 0.257 e. The second-order valence-electron chi connectivity index (χ2n) is 5.48. The molecule has 0 aliphatic rings. The summed E-state index contributed by atoms with van der Waals surface area (Å²) < 4.78 is 2.59. The Kier molecular flexibility index (Phi) is 4.36. The van der Waals surface area contributed by atoms with Crippen LogP contribution in [0, 0.1) is 0 Å². The van der Waals surface area contributed by atoms with Gasteiger partial charge in [-0.3, -0.25) is 10.1 Å². The number of carbonyl (C=O) groups excluding carboxylic acids is 1. The molecule has 0 fully saturated rings. The SMILES string of the molecule is CCn1nnnc1-c1cccc(C(=O)Nc2nc3ccc(Cl)cc3s2)c1. The zero-order valence-corrected chi connectivity index (χ0v) is 15.3. The van der Waals surface area contributed by atoms with Crippen LogP contribution in [0.1, 0.15) is 17.3 Å². The first-order chi connectivity index (χ1) is 12.6. The van der Waals surface area contributed by atoms with Crippen molar-refractivity contribution in [1.29, 1.82) is 0 Å². The van der Waals surface area contributed by atoms with Gasteiger partial charge in [-0.1, -0.05) is 35.1 Å². The van der Waals surface area contributed by atoms with E-state index in [1.807, 2.05) is 25.1 Å². The second-order valence-corrected chi connectivity index (χ2v) is 6.95. The molecule has 0 aliphatic heterocycles. The van der Waals surface area contributed by atoms with Gasteiger partial charge in [-0.15, -0.1) is 5.10 Å². The molecule has 2 heterocycles. The van der Waals surface area contributed by atoms with Crippen molar-refractivity contribution in [2.24, 2.45) is 0 Å². The van der Waals surface area contributed by atoms with Crippen molar-refractivity contribution in [2.75, 3.05) is 5.32 Å². The van der Waals surface area contributed by atoms with E-state index in [4.69, 9.17) is 11.6 Å². The summed E-state index contributed by atoms with van der Waals surface area (Å²) in [5.41, 5.74) is 2.08. The fourth-order valence-corrected chi connectivity index (χ4v) is 3.68. The molecule has 0 radical (unpaired) electrons. The molecule has 1 N–H and O–H groups in total. The summed E-state index contributed by atoms with van der Waals surface area (Å²) in [7, 11) is 0. The quantitative estimate of drug-likeness (QED) is 0.577. The number of tetrazole rings is 1. The van der Waals surface area contributed by atoms with E-state index >= 15 is 0 Å². The van der Waals surface area contributed by atoms with Gasteiger partial charge in [0.25, 0.3) is 5.91 Å². The summed E-state index contributed by atoms with van der Waals surface area (Å²) >= 11 is 7.37. The number of hydrogen-bond donors (Lipinski definition) is 1. The lowest BCUT2D eigenvalue weighted by molar-refractivity contribution is 0.102. The first kappa shape index (κ1) is 16.6. The molecule has 130 valence electrons. The highest BCUT2D eigenvalue weighted by molar-refractivity contribution is 7.22. The number of benzene rings is 2. The topological polar surface area (TPSA) is 85.6 Å². The zero-order valence-electron chi connectivity index (χ0n) is 13.7. The maximum absolute atomic E-state index is 12.6. The van der Waals surface area contributed by atoms with Gasteiger partial charge in [-0.05, 0) is 47.7 Å². The van der Waals surface area contributed by atoms with Gasteiger partial charge in [0.05, 0.1) is 10.2 Å².